The molecule has 6 N–H and O–H groups in total. The first-order chi connectivity index (χ1) is 44.7. The molecule has 0 bridgehead atoms. The van der Waals surface area contributed by atoms with Gasteiger partial charge < -0.3 is 45.1 Å². The van der Waals surface area contributed by atoms with Gasteiger partial charge in [0.2, 0.25) is 5.91 Å². The van der Waals surface area contributed by atoms with Gasteiger partial charge in [0.05, 0.1) is 25.4 Å². The minimum absolute atomic E-state index is 0.0895. The van der Waals surface area contributed by atoms with Gasteiger partial charge in [0.15, 0.2) is 12.4 Å². The van der Waals surface area contributed by atoms with Crippen LogP contribution in [0.5, 0.6) is 0 Å². The number of allylic oxidation sites excluding steroid dienone is 17. The van der Waals surface area contributed by atoms with E-state index >= 15 is 0 Å². The molecular formula is C80H139NO10. The Morgan fingerprint density at radius 3 is 1.21 bits per heavy atom. The van der Waals surface area contributed by atoms with Crippen LogP contribution in [0, 0.1) is 0 Å². The number of unbranched alkanes of at least 4 members (excludes halogenated alkanes) is 34. The molecule has 1 amide bonds. The highest BCUT2D eigenvalue weighted by atomic mass is 16.7. The van der Waals surface area contributed by atoms with Crippen molar-refractivity contribution in [2.75, 3.05) is 13.2 Å². The number of amides is 1. The Morgan fingerprint density at radius 2 is 0.791 bits per heavy atom. The van der Waals surface area contributed by atoms with Crippen molar-refractivity contribution in [3.8, 4) is 0 Å². The summed E-state index contributed by atoms with van der Waals surface area (Å²) in [6, 6.07) is -1.04. The molecule has 1 rings (SSSR count). The Kier molecular flexibility index (Phi) is 62.2. The molecule has 0 aromatic carbocycles. The number of carbonyl (C=O) groups is 2. The third-order valence-corrected chi connectivity index (χ3v) is 17.2. The molecular weight excluding hydrogens is 1130 g/mol. The number of hydrogen-bond acceptors (Lipinski definition) is 10. The molecule has 1 aliphatic rings. The summed E-state index contributed by atoms with van der Waals surface area (Å²) in [5, 5.41) is 57.4. The third kappa shape index (κ3) is 53.3. The first-order valence-electron chi connectivity index (χ1n) is 37.7. The van der Waals surface area contributed by atoms with Gasteiger partial charge in [-0.1, -0.05) is 316 Å². The van der Waals surface area contributed by atoms with Gasteiger partial charge >= 0.3 is 5.97 Å². The normalized spacial score (nSPS) is 18.6. The molecule has 1 fully saturated rings. The standard InChI is InChI=1S/C80H139NO10/c1-4-7-10-13-16-19-22-25-27-29-31-33-35-36-37-39-40-42-44-46-49-52-55-58-61-64-67-73(84)79(88)81-71(72(83)66-63-60-57-54-51-48-24-21-18-15-12-9-6-3)70-89-80-78(77(87)76(86)74(69-82)90-80)91-75(85)68-65-62-59-56-53-50-47-45-43-41-38-34-32-30-28-26-23-20-17-14-11-8-5-2/h8,11,16-17,19-20,25-28,32,34,41,43,47,50,63,66,71-74,76-78,80,82-84,86-87H,4-7,9-10,12-15,18,21-24,29-31,33,35-40,42,44-46,48-49,51-62,64-65,67-70H2,1-3H3,(H,81,88)/b11-8-,19-16-,20-17-,27-25-,28-26-,34-32-,43-41-,50-47-,66-63+. The monoisotopic (exact) mass is 1270 g/mol. The molecule has 1 heterocycles. The Hall–Kier alpha value is -3.68. The molecule has 0 saturated carbocycles. The van der Waals surface area contributed by atoms with Crippen LogP contribution in [0.25, 0.3) is 0 Å². The van der Waals surface area contributed by atoms with Crippen LogP contribution >= 0.6 is 0 Å². The second-order valence-corrected chi connectivity index (χ2v) is 25.6. The molecule has 91 heavy (non-hydrogen) atoms. The van der Waals surface area contributed by atoms with Crippen LogP contribution in [0.1, 0.15) is 323 Å². The highest BCUT2D eigenvalue weighted by Gasteiger charge is 2.47. The largest absolute Gasteiger partial charge is 0.454 e. The van der Waals surface area contributed by atoms with Crippen LogP contribution in [0.4, 0.5) is 0 Å². The molecule has 0 radical (unpaired) electrons. The minimum Gasteiger partial charge on any atom is -0.454 e. The topological polar surface area (TPSA) is 175 Å². The van der Waals surface area contributed by atoms with Gasteiger partial charge in [-0.15, -0.1) is 0 Å². The van der Waals surface area contributed by atoms with Gasteiger partial charge in [0.25, 0.3) is 0 Å². The number of ether oxygens (including phenoxy) is 3. The second kappa shape index (κ2) is 66.3. The number of aliphatic hydroxyl groups excluding tert-OH is 5. The predicted octanol–water partition coefficient (Wildman–Crippen LogP) is 20.0. The van der Waals surface area contributed by atoms with E-state index < -0.39 is 67.4 Å². The number of hydrogen-bond donors (Lipinski definition) is 6. The molecule has 0 aliphatic carbocycles. The molecule has 524 valence electrons. The van der Waals surface area contributed by atoms with Crippen LogP contribution in [0.2, 0.25) is 0 Å². The van der Waals surface area contributed by atoms with Crippen molar-refractivity contribution in [1.29, 1.82) is 0 Å². The molecule has 1 aliphatic heterocycles. The molecule has 11 nitrogen and oxygen atoms in total. The first-order valence-corrected chi connectivity index (χ1v) is 37.7. The van der Waals surface area contributed by atoms with E-state index in [0.29, 0.717) is 12.8 Å². The molecule has 0 aromatic heterocycles. The summed E-state index contributed by atoms with van der Waals surface area (Å²) in [7, 11) is 0. The summed E-state index contributed by atoms with van der Waals surface area (Å²) in [5.41, 5.74) is 0. The summed E-state index contributed by atoms with van der Waals surface area (Å²) in [6.07, 6.45) is 81.3. The van der Waals surface area contributed by atoms with Gasteiger partial charge in [-0.05, 0) is 109 Å². The SMILES string of the molecule is CC/C=C\C/C=C\C/C=C\C/C=C\C/C=C\C/C=C\CCCCCCC(=O)OC1C(OCC(NC(=O)C(O)CCCCCCCCCCCCCCCCCC/C=C\C/C=C\CCCCC)C(O)/C=C/CCCCCCCCCCCCC)OC(CO)C(O)C1O. The Balaban J connectivity index is 2.57. The fourth-order valence-electron chi connectivity index (χ4n) is 11.3. The molecule has 8 unspecified atom stereocenters. The van der Waals surface area contributed by atoms with Crippen molar-refractivity contribution in [3.05, 3.63) is 109 Å². The lowest BCUT2D eigenvalue weighted by molar-refractivity contribution is -0.305. The summed E-state index contributed by atoms with van der Waals surface area (Å²) in [4.78, 5) is 26.7. The van der Waals surface area contributed by atoms with Crippen LogP contribution in [0.3, 0.4) is 0 Å². The smallest absolute Gasteiger partial charge is 0.306 e. The van der Waals surface area contributed by atoms with Crippen molar-refractivity contribution in [2.24, 2.45) is 0 Å². The van der Waals surface area contributed by atoms with E-state index in [0.717, 1.165) is 109 Å². The van der Waals surface area contributed by atoms with E-state index in [1.54, 1.807) is 6.08 Å². The minimum atomic E-state index is -1.63. The highest BCUT2D eigenvalue weighted by molar-refractivity contribution is 5.80. The van der Waals surface area contributed by atoms with E-state index in [1.165, 1.54) is 167 Å². The van der Waals surface area contributed by atoms with Crippen molar-refractivity contribution in [1.82, 2.24) is 5.32 Å². The van der Waals surface area contributed by atoms with E-state index in [-0.39, 0.29) is 19.4 Å². The third-order valence-electron chi connectivity index (χ3n) is 17.2. The summed E-state index contributed by atoms with van der Waals surface area (Å²) in [5.74, 6) is -1.22. The lowest BCUT2D eigenvalue weighted by Crippen LogP contribution is -2.61. The van der Waals surface area contributed by atoms with Gasteiger partial charge in [-0.25, -0.2) is 0 Å². The van der Waals surface area contributed by atoms with Gasteiger partial charge in [-0.2, -0.15) is 0 Å². The summed E-state index contributed by atoms with van der Waals surface area (Å²) < 4.78 is 17.7. The van der Waals surface area contributed by atoms with E-state index in [4.69, 9.17) is 14.2 Å². The fraction of sp³-hybridized carbons (Fsp3) is 0.750. The first kappa shape index (κ1) is 85.3. The fourth-order valence-corrected chi connectivity index (χ4v) is 11.3. The maximum absolute atomic E-state index is 13.5. The maximum Gasteiger partial charge on any atom is 0.306 e. The lowest BCUT2D eigenvalue weighted by Gasteiger charge is -2.41. The van der Waals surface area contributed by atoms with Crippen LogP contribution in [0.15, 0.2) is 109 Å². The molecule has 11 heteroatoms. The van der Waals surface area contributed by atoms with Gasteiger partial charge in [-0.3, -0.25) is 9.59 Å². The zero-order valence-electron chi connectivity index (χ0n) is 58.4. The average Bonchev–Trinajstić information content (AvgIpc) is 1.01. The highest BCUT2D eigenvalue weighted by Crippen LogP contribution is 2.26. The predicted molar refractivity (Wildman–Crippen MR) is 384 cm³/mol. The van der Waals surface area contributed by atoms with Crippen molar-refractivity contribution in [3.63, 3.8) is 0 Å². The molecule has 0 spiro atoms. The number of rotatable bonds is 64. The maximum atomic E-state index is 13.5. The number of carbonyl (C=O) groups excluding carboxylic acids is 2. The molecule has 0 aromatic rings. The van der Waals surface area contributed by atoms with Crippen LogP contribution in [-0.2, 0) is 23.8 Å². The van der Waals surface area contributed by atoms with Crippen molar-refractivity contribution >= 4 is 11.9 Å². The zero-order valence-corrected chi connectivity index (χ0v) is 58.4. The van der Waals surface area contributed by atoms with Crippen molar-refractivity contribution in [2.45, 2.75) is 372 Å². The summed E-state index contributed by atoms with van der Waals surface area (Å²) in [6.45, 7) is 5.67. The summed E-state index contributed by atoms with van der Waals surface area (Å²) >= 11 is 0. The van der Waals surface area contributed by atoms with Gasteiger partial charge in [0, 0.05) is 6.42 Å². The Labute approximate surface area is 558 Å². The zero-order chi connectivity index (χ0) is 66.0. The van der Waals surface area contributed by atoms with Gasteiger partial charge in [0.1, 0.15) is 24.4 Å². The van der Waals surface area contributed by atoms with E-state index in [9.17, 15) is 35.1 Å². The number of nitrogens with one attached hydrogen (secondary N) is 1. The molecule has 8 atom stereocenters. The second-order valence-electron chi connectivity index (χ2n) is 25.6. The van der Waals surface area contributed by atoms with Crippen LogP contribution < -0.4 is 5.32 Å². The average molecular weight is 1270 g/mol. The number of aliphatic hydroxyl groups is 5. The van der Waals surface area contributed by atoms with E-state index in [1.807, 2.05) is 6.08 Å². The lowest BCUT2D eigenvalue weighted by atomic mass is 9.99. The van der Waals surface area contributed by atoms with E-state index in [2.05, 4.69) is 123 Å². The van der Waals surface area contributed by atoms with Crippen LogP contribution in [-0.4, -0.2) is 99.6 Å². The number of esters is 1. The van der Waals surface area contributed by atoms with Crippen molar-refractivity contribution < 1.29 is 49.3 Å². The Morgan fingerprint density at radius 1 is 0.440 bits per heavy atom. The quantitative estimate of drug-likeness (QED) is 0.0195. The Bertz CT molecular complexity index is 1900. The molecule has 1 saturated heterocycles.